The van der Waals surface area contributed by atoms with Crippen LogP contribution in [0.1, 0.15) is 16.1 Å². The number of rotatable bonds is 4. The first-order valence-electron chi connectivity index (χ1n) is 7.38. The van der Waals surface area contributed by atoms with Gasteiger partial charge in [-0.1, -0.05) is 0 Å². The van der Waals surface area contributed by atoms with Crippen LogP contribution in [0.4, 0.5) is 15.8 Å². The van der Waals surface area contributed by atoms with Gasteiger partial charge < -0.3 is 25.1 Å². The SMILES string of the molecule is NCc1cc(C(=O)Nc2cc(F)cc(N3CCOCC3)c2)co1. The number of halogens is 1. The summed E-state index contributed by atoms with van der Waals surface area (Å²) >= 11 is 0. The van der Waals surface area contributed by atoms with Gasteiger partial charge in [0.15, 0.2) is 0 Å². The Labute approximate surface area is 133 Å². The average Bonchev–Trinajstić information content (AvgIpc) is 3.04. The zero-order valence-corrected chi connectivity index (χ0v) is 12.5. The molecule has 0 spiro atoms. The van der Waals surface area contributed by atoms with Crippen molar-refractivity contribution in [2.75, 3.05) is 36.5 Å². The number of nitrogens with zero attached hydrogens (tertiary/aromatic N) is 1. The summed E-state index contributed by atoms with van der Waals surface area (Å²) < 4.78 is 24.3. The zero-order valence-electron chi connectivity index (χ0n) is 12.5. The summed E-state index contributed by atoms with van der Waals surface area (Å²) in [5.74, 6) is -0.255. The van der Waals surface area contributed by atoms with Gasteiger partial charge in [-0.2, -0.15) is 0 Å². The molecule has 1 fully saturated rings. The number of carbonyl (C=O) groups is 1. The third-order valence-electron chi connectivity index (χ3n) is 3.63. The van der Waals surface area contributed by atoms with Crippen LogP contribution in [0, 0.1) is 5.82 Å². The number of ether oxygens (including phenoxy) is 1. The van der Waals surface area contributed by atoms with Crippen molar-refractivity contribution >= 4 is 17.3 Å². The van der Waals surface area contributed by atoms with Crippen LogP contribution in [0.5, 0.6) is 0 Å². The van der Waals surface area contributed by atoms with Crippen molar-refractivity contribution in [3.63, 3.8) is 0 Å². The Balaban J connectivity index is 1.76. The summed E-state index contributed by atoms with van der Waals surface area (Å²) in [5, 5.41) is 2.68. The molecule has 23 heavy (non-hydrogen) atoms. The largest absolute Gasteiger partial charge is 0.467 e. The number of nitrogens with one attached hydrogen (secondary N) is 1. The Kier molecular flexibility index (Phi) is 4.59. The lowest BCUT2D eigenvalue weighted by Gasteiger charge is -2.29. The molecule has 1 aliphatic heterocycles. The van der Waals surface area contributed by atoms with Crippen molar-refractivity contribution in [1.29, 1.82) is 0 Å². The first-order chi connectivity index (χ1) is 11.2. The summed E-state index contributed by atoms with van der Waals surface area (Å²) in [5.41, 5.74) is 6.91. The van der Waals surface area contributed by atoms with E-state index in [-0.39, 0.29) is 12.5 Å². The second-order valence-electron chi connectivity index (χ2n) is 5.26. The first-order valence-corrected chi connectivity index (χ1v) is 7.38. The normalized spacial score (nSPS) is 14.8. The molecule has 1 amide bonds. The first kappa shape index (κ1) is 15.5. The maximum atomic E-state index is 13.8. The van der Waals surface area contributed by atoms with E-state index >= 15 is 0 Å². The van der Waals surface area contributed by atoms with E-state index in [1.54, 1.807) is 12.1 Å². The molecule has 0 aliphatic carbocycles. The van der Waals surface area contributed by atoms with Crippen LogP contribution in [0.15, 0.2) is 34.9 Å². The molecule has 3 N–H and O–H groups in total. The van der Waals surface area contributed by atoms with Gasteiger partial charge in [0.05, 0.1) is 25.3 Å². The van der Waals surface area contributed by atoms with E-state index in [1.165, 1.54) is 18.4 Å². The minimum Gasteiger partial charge on any atom is -0.467 e. The van der Waals surface area contributed by atoms with Crippen LogP contribution in [0.2, 0.25) is 0 Å². The zero-order chi connectivity index (χ0) is 16.2. The molecule has 0 atom stereocenters. The number of anilines is 2. The Hall–Kier alpha value is -2.38. The van der Waals surface area contributed by atoms with Crippen molar-refractivity contribution in [3.8, 4) is 0 Å². The molecule has 1 saturated heterocycles. The van der Waals surface area contributed by atoms with Crippen molar-refractivity contribution in [3.05, 3.63) is 47.7 Å². The number of hydrogen-bond donors (Lipinski definition) is 2. The van der Waals surface area contributed by atoms with Crippen LogP contribution in [-0.4, -0.2) is 32.2 Å². The predicted molar refractivity (Wildman–Crippen MR) is 84.0 cm³/mol. The van der Waals surface area contributed by atoms with Gasteiger partial charge in [-0.15, -0.1) is 0 Å². The van der Waals surface area contributed by atoms with Gasteiger partial charge >= 0.3 is 0 Å². The number of furan rings is 1. The smallest absolute Gasteiger partial charge is 0.258 e. The van der Waals surface area contributed by atoms with E-state index in [0.717, 1.165) is 5.69 Å². The lowest BCUT2D eigenvalue weighted by atomic mass is 10.2. The van der Waals surface area contributed by atoms with Crippen LogP contribution in [-0.2, 0) is 11.3 Å². The minimum absolute atomic E-state index is 0.217. The van der Waals surface area contributed by atoms with Gasteiger partial charge in [-0.25, -0.2) is 4.39 Å². The van der Waals surface area contributed by atoms with Crippen molar-refractivity contribution in [2.24, 2.45) is 5.73 Å². The van der Waals surface area contributed by atoms with Gasteiger partial charge in [0.2, 0.25) is 0 Å². The van der Waals surface area contributed by atoms with Gasteiger partial charge in [-0.3, -0.25) is 4.79 Å². The minimum atomic E-state index is -0.404. The second kappa shape index (κ2) is 6.80. The number of nitrogens with two attached hydrogens (primary N) is 1. The standard InChI is InChI=1S/C16H18FN3O3/c17-12-6-13(8-14(7-12)20-1-3-22-4-2-20)19-16(21)11-5-15(9-18)23-10-11/h5-8,10H,1-4,9,18H2,(H,19,21). The lowest BCUT2D eigenvalue weighted by Crippen LogP contribution is -2.36. The molecule has 3 rings (SSSR count). The highest BCUT2D eigenvalue weighted by Gasteiger charge is 2.15. The fourth-order valence-corrected chi connectivity index (χ4v) is 2.46. The number of benzene rings is 1. The molecule has 2 aromatic rings. The summed E-state index contributed by atoms with van der Waals surface area (Å²) in [4.78, 5) is 14.2. The summed E-state index contributed by atoms with van der Waals surface area (Å²) in [7, 11) is 0. The fourth-order valence-electron chi connectivity index (χ4n) is 2.46. The van der Waals surface area contributed by atoms with Crippen LogP contribution in [0.25, 0.3) is 0 Å². The van der Waals surface area contributed by atoms with E-state index in [0.29, 0.717) is 43.3 Å². The lowest BCUT2D eigenvalue weighted by molar-refractivity contribution is 0.102. The highest BCUT2D eigenvalue weighted by molar-refractivity contribution is 6.04. The molecule has 7 heteroatoms. The molecule has 1 aliphatic rings. The monoisotopic (exact) mass is 319 g/mol. The molecule has 0 radical (unpaired) electrons. The van der Waals surface area contributed by atoms with Crippen LogP contribution >= 0.6 is 0 Å². The third kappa shape index (κ3) is 3.69. The molecular formula is C16H18FN3O3. The molecule has 122 valence electrons. The molecule has 0 unspecified atom stereocenters. The quantitative estimate of drug-likeness (QED) is 0.900. The predicted octanol–water partition coefficient (Wildman–Crippen LogP) is 1.97. The van der Waals surface area contributed by atoms with Crippen LogP contribution < -0.4 is 16.0 Å². The number of morpholine rings is 1. The highest BCUT2D eigenvalue weighted by Crippen LogP contribution is 2.23. The molecule has 1 aromatic carbocycles. The van der Waals surface area contributed by atoms with Crippen molar-refractivity contribution < 1.29 is 18.3 Å². The summed E-state index contributed by atoms with van der Waals surface area (Å²) in [6.45, 7) is 2.81. The molecule has 0 saturated carbocycles. The maximum absolute atomic E-state index is 13.8. The maximum Gasteiger partial charge on any atom is 0.258 e. The number of amides is 1. The topological polar surface area (TPSA) is 80.7 Å². The Morgan fingerprint density at radius 3 is 2.74 bits per heavy atom. The fraction of sp³-hybridized carbons (Fsp3) is 0.312. The second-order valence-corrected chi connectivity index (χ2v) is 5.26. The van der Waals surface area contributed by atoms with Gasteiger partial charge in [0.25, 0.3) is 5.91 Å². The summed E-state index contributed by atoms with van der Waals surface area (Å²) in [6, 6.07) is 6.05. The number of hydrogen-bond acceptors (Lipinski definition) is 5. The van der Waals surface area contributed by atoms with Crippen molar-refractivity contribution in [1.82, 2.24) is 0 Å². The Bertz CT molecular complexity index is 696. The molecule has 1 aromatic heterocycles. The van der Waals surface area contributed by atoms with Crippen molar-refractivity contribution in [2.45, 2.75) is 6.54 Å². The van der Waals surface area contributed by atoms with E-state index in [9.17, 15) is 9.18 Å². The third-order valence-corrected chi connectivity index (χ3v) is 3.63. The highest BCUT2D eigenvalue weighted by atomic mass is 19.1. The Morgan fingerprint density at radius 2 is 2.04 bits per heavy atom. The van der Waals surface area contributed by atoms with Gasteiger partial charge in [0.1, 0.15) is 17.8 Å². The summed E-state index contributed by atoms with van der Waals surface area (Å²) in [6.07, 6.45) is 1.33. The van der Waals surface area contributed by atoms with E-state index in [1.807, 2.05) is 4.90 Å². The number of carbonyl (C=O) groups excluding carboxylic acids is 1. The molecule has 2 heterocycles. The Morgan fingerprint density at radius 1 is 1.26 bits per heavy atom. The molecular weight excluding hydrogens is 301 g/mol. The van der Waals surface area contributed by atoms with E-state index in [4.69, 9.17) is 14.9 Å². The van der Waals surface area contributed by atoms with E-state index < -0.39 is 5.82 Å². The van der Waals surface area contributed by atoms with Gasteiger partial charge in [0, 0.05) is 24.5 Å². The molecule has 6 nitrogen and oxygen atoms in total. The average molecular weight is 319 g/mol. The molecule has 0 bridgehead atoms. The van der Waals surface area contributed by atoms with Gasteiger partial charge in [-0.05, 0) is 24.3 Å². The van der Waals surface area contributed by atoms with E-state index in [2.05, 4.69) is 5.32 Å². The van der Waals surface area contributed by atoms with Crippen LogP contribution in [0.3, 0.4) is 0 Å².